The Morgan fingerprint density at radius 2 is 2.03 bits per heavy atom. The van der Waals surface area contributed by atoms with Gasteiger partial charge in [0.2, 0.25) is 0 Å². The Morgan fingerprint density at radius 3 is 2.86 bits per heavy atom. The summed E-state index contributed by atoms with van der Waals surface area (Å²) in [4.78, 5) is 15.5. The summed E-state index contributed by atoms with van der Waals surface area (Å²) in [6.07, 6.45) is 9.38. The Hall–Kier alpha value is -2.41. The fourth-order valence-corrected chi connectivity index (χ4v) is 4.89. The molecule has 154 valence electrons. The molecule has 1 aromatic heterocycles. The Bertz CT molecular complexity index is 868. The molecule has 29 heavy (non-hydrogen) atoms. The zero-order valence-corrected chi connectivity index (χ0v) is 16.8. The summed E-state index contributed by atoms with van der Waals surface area (Å²) >= 11 is 0. The molecule has 0 spiro atoms. The molecule has 1 aromatic carbocycles. The highest BCUT2D eigenvalue weighted by atomic mass is 16.5. The third kappa shape index (κ3) is 3.88. The molecule has 2 aromatic rings. The number of fused-ring (bicyclic) bond motifs is 1. The van der Waals surface area contributed by atoms with Crippen molar-refractivity contribution in [3.63, 3.8) is 0 Å². The van der Waals surface area contributed by atoms with Gasteiger partial charge in [-0.25, -0.2) is 4.68 Å². The van der Waals surface area contributed by atoms with E-state index in [1.54, 1.807) is 0 Å². The molecule has 0 unspecified atom stereocenters. The van der Waals surface area contributed by atoms with Crippen LogP contribution in [0.3, 0.4) is 0 Å². The van der Waals surface area contributed by atoms with Crippen molar-refractivity contribution in [3.05, 3.63) is 41.2 Å². The number of carbonyl (C=O) groups excluding carboxylic acids is 1. The largest absolute Gasteiger partial charge is 0.493 e. The average molecular weight is 396 g/mol. The van der Waals surface area contributed by atoms with Crippen LogP contribution >= 0.6 is 0 Å². The van der Waals surface area contributed by atoms with E-state index in [2.05, 4.69) is 27.8 Å². The molecule has 7 nitrogen and oxygen atoms in total. The van der Waals surface area contributed by atoms with Crippen molar-refractivity contribution < 1.29 is 9.53 Å². The number of benzene rings is 1. The normalized spacial score (nSPS) is 19.9. The molecule has 7 heteroatoms. The molecule has 3 aliphatic rings. The topological polar surface area (TPSA) is 72.3 Å². The van der Waals surface area contributed by atoms with Crippen LogP contribution in [0.1, 0.15) is 66.2 Å². The predicted octanol–water partition coefficient (Wildman–Crippen LogP) is 2.72. The molecule has 1 amide bonds. The van der Waals surface area contributed by atoms with Gasteiger partial charge >= 0.3 is 0 Å². The van der Waals surface area contributed by atoms with E-state index in [0.29, 0.717) is 18.3 Å². The summed E-state index contributed by atoms with van der Waals surface area (Å²) in [6, 6.07) is 6.95. The lowest BCUT2D eigenvalue weighted by molar-refractivity contribution is 0.0658. The summed E-state index contributed by atoms with van der Waals surface area (Å²) in [7, 11) is 0. The molecule has 1 aliphatic carbocycles. The van der Waals surface area contributed by atoms with E-state index in [9.17, 15) is 4.79 Å². The summed E-state index contributed by atoms with van der Waals surface area (Å²) in [5.41, 5.74) is 2.89. The van der Waals surface area contributed by atoms with Crippen molar-refractivity contribution >= 4 is 5.91 Å². The first-order valence-electron chi connectivity index (χ1n) is 11.0. The van der Waals surface area contributed by atoms with Crippen LogP contribution in [0, 0.1) is 0 Å². The summed E-state index contributed by atoms with van der Waals surface area (Å²) in [6.45, 7) is 3.36. The van der Waals surface area contributed by atoms with Gasteiger partial charge in [0, 0.05) is 19.0 Å². The van der Waals surface area contributed by atoms with Crippen LogP contribution in [-0.2, 0) is 13.0 Å². The lowest BCUT2D eigenvalue weighted by Gasteiger charge is -2.28. The molecular weight excluding hydrogens is 366 g/mol. The molecule has 2 fully saturated rings. The van der Waals surface area contributed by atoms with Gasteiger partial charge < -0.3 is 15.0 Å². The monoisotopic (exact) mass is 395 g/mol. The number of carbonyl (C=O) groups is 1. The number of hydrogen-bond donors (Lipinski definition) is 1. The first kappa shape index (κ1) is 18.6. The van der Waals surface area contributed by atoms with Gasteiger partial charge in [-0.3, -0.25) is 4.79 Å². The second kappa shape index (κ2) is 8.14. The van der Waals surface area contributed by atoms with E-state index in [-0.39, 0.29) is 11.9 Å². The molecule has 0 bridgehead atoms. The maximum absolute atomic E-state index is 13.4. The second-order valence-corrected chi connectivity index (χ2v) is 8.48. The Balaban J connectivity index is 1.36. The maximum atomic E-state index is 13.4. The van der Waals surface area contributed by atoms with Crippen molar-refractivity contribution in [3.8, 4) is 5.75 Å². The van der Waals surface area contributed by atoms with Gasteiger partial charge in [0.05, 0.1) is 18.8 Å². The van der Waals surface area contributed by atoms with Gasteiger partial charge in [-0.1, -0.05) is 30.2 Å². The van der Waals surface area contributed by atoms with Crippen LogP contribution in [0.5, 0.6) is 5.75 Å². The summed E-state index contributed by atoms with van der Waals surface area (Å²) in [5.74, 6) is 0.992. The highest BCUT2D eigenvalue weighted by molar-refractivity contribution is 5.92. The van der Waals surface area contributed by atoms with E-state index in [4.69, 9.17) is 4.74 Å². The van der Waals surface area contributed by atoms with Crippen molar-refractivity contribution in [2.24, 2.45) is 0 Å². The Labute approximate surface area is 171 Å². The number of nitrogens with one attached hydrogen (secondary N) is 1. The molecule has 0 radical (unpaired) electrons. The second-order valence-electron chi connectivity index (χ2n) is 8.48. The van der Waals surface area contributed by atoms with Crippen LogP contribution < -0.4 is 10.1 Å². The highest BCUT2D eigenvalue weighted by Crippen LogP contribution is 2.30. The number of aromatic nitrogens is 3. The van der Waals surface area contributed by atoms with Crippen LogP contribution in [-0.4, -0.2) is 51.5 Å². The summed E-state index contributed by atoms with van der Waals surface area (Å²) in [5, 5.41) is 11.9. The smallest absolute Gasteiger partial charge is 0.276 e. The van der Waals surface area contributed by atoms with Gasteiger partial charge in [-0.2, -0.15) is 0 Å². The van der Waals surface area contributed by atoms with E-state index in [1.165, 1.54) is 24.0 Å². The minimum Gasteiger partial charge on any atom is -0.493 e. The van der Waals surface area contributed by atoms with Crippen molar-refractivity contribution in [1.29, 1.82) is 0 Å². The van der Waals surface area contributed by atoms with Crippen LogP contribution in [0.4, 0.5) is 0 Å². The van der Waals surface area contributed by atoms with Crippen molar-refractivity contribution in [2.45, 2.75) is 63.6 Å². The zero-order valence-electron chi connectivity index (χ0n) is 16.8. The van der Waals surface area contributed by atoms with Gasteiger partial charge in [0.1, 0.15) is 5.75 Å². The molecule has 3 heterocycles. The van der Waals surface area contributed by atoms with Crippen molar-refractivity contribution in [1.82, 2.24) is 25.2 Å². The highest BCUT2D eigenvalue weighted by Gasteiger charge is 2.30. The van der Waals surface area contributed by atoms with Crippen LogP contribution in [0.15, 0.2) is 24.4 Å². The fourth-order valence-electron chi connectivity index (χ4n) is 4.89. The van der Waals surface area contributed by atoms with Gasteiger partial charge in [0.25, 0.3) is 5.91 Å². The first-order chi connectivity index (χ1) is 14.3. The summed E-state index contributed by atoms with van der Waals surface area (Å²) < 4.78 is 7.53. The molecule has 1 saturated carbocycles. The van der Waals surface area contributed by atoms with Gasteiger partial charge in [-0.15, -0.1) is 5.10 Å². The van der Waals surface area contributed by atoms with E-state index in [1.807, 2.05) is 21.8 Å². The van der Waals surface area contributed by atoms with E-state index < -0.39 is 0 Å². The zero-order chi connectivity index (χ0) is 19.6. The Kier molecular flexibility index (Phi) is 5.23. The average Bonchev–Trinajstić information content (AvgIpc) is 3.53. The quantitative estimate of drug-likeness (QED) is 0.843. The number of amides is 1. The SMILES string of the molecule is O=C(c1cn(C2CCNCC2)nn1)N(Cc1ccc2c(c1)CCO2)C1CCCC1. The van der Waals surface area contributed by atoms with E-state index >= 15 is 0 Å². The minimum atomic E-state index is 0.00818. The third-order valence-corrected chi connectivity index (χ3v) is 6.55. The molecule has 1 N–H and O–H groups in total. The number of piperidine rings is 1. The van der Waals surface area contributed by atoms with E-state index in [0.717, 1.165) is 57.6 Å². The Morgan fingerprint density at radius 1 is 1.21 bits per heavy atom. The number of hydrogen-bond acceptors (Lipinski definition) is 5. The fraction of sp³-hybridized carbons (Fsp3) is 0.591. The number of nitrogens with zero attached hydrogens (tertiary/aromatic N) is 4. The predicted molar refractivity (Wildman–Crippen MR) is 109 cm³/mol. The molecule has 1 saturated heterocycles. The van der Waals surface area contributed by atoms with Crippen LogP contribution in [0.25, 0.3) is 0 Å². The third-order valence-electron chi connectivity index (χ3n) is 6.55. The molecule has 2 aliphatic heterocycles. The van der Waals surface area contributed by atoms with Crippen LogP contribution in [0.2, 0.25) is 0 Å². The first-order valence-corrected chi connectivity index (χ1v) is 11.0. The maximum Gasteiger partial charge on any atom is 0.276 e. The number of rotatable bonds is 5. The van der Waals surface area contributed by atoms with Gasteiger partial charge in [-0.05, 0) is 56.0 Å². The molecule has 0 atom stereocenters. The number of ether oxygens (including phenoxy) is 1. The van der Waals surface area contributed by atoms with Gasteiger partial charge in [0.15, 0.2) is 5.69 Å². The lowest BCUT2D eigenvalue weighted by atomic mass is 10.1. The van der Waals surface area contributed by atoms with Crippen molar-refractivity contribution in [2.75, 3.05) is 19.7 Å². The molecular formula is C22H29N5O2. The lowest BCUT2D eigenvalue weighted by Crippen LogP contribution is -2.38. The molecule has 5 rings (SSSR count). The minimum absolute atomic E-state index is 0.00818. The standard InChI is InChI=1S/C22H29N5O2/c28-22(20-15-27(25-24-20)19-7-10-23-11-8-19)26(18-3-1-2-4-18)14-16-5-6-21-17(13-16)9-12-29-21/h5-6,13,15,18-19,23H,1-4,7-12,14H2.